The number of nitrogens with one attached hydrogen (secondary N) is 2. The van der Waals surface area contributed by atoms with Crippen LogP contribution in [0.25, 0.3) is 0 Å². The lowest BCUT2D eigenvalue weighted by atomic mass is 9.95. The first-order valence-electron chi connectivity index (χ1n) is 17.7. The van der Waals surface area contributed by atoms with Gasteiger partial charge in [0.2, 0.25) is 31.9 Å². The van der Waals surface area contributed by atoms with Gasteiger partial charge in [-0.15, -0.1) is 0 Å². The molecule has 0 saturated carbocycles. The number of sulfonamides is 2. The number of methoxy groups -OCH3 is 1. The van der Waals surface area contributed by atoms with Gasteiger partial charge in [0.1, 0.15) is 0 Å². The average molecular weight is 821 g/mol. The summed E-state index contributed by atoms with van der Waals surface area (Å²) in [5.41, 5.74) is 2.86. The molecule has 2 unspecified atom stereocenters. The lowest BCUT2D eigenvalue weighted by Gasteiger charge is -2.14. The third-order valence-electron chi connectivity index (χ3n) is 8.49. The summed E-state index contributed by atoms with van der Waals surface area (Å²) in [7, 11) is -6.59. The largest absolute Gasteiger partial charge is 0.481 e. The maximum Gasteiger partial charge on any atom is 0.305 e. The predicted molar refractivity (Wildman–Crippen MR) is 211 cm³/mol. The minimum Gasteiger partial charge on any atom is -0.481 e. The molecular formula is C41H44N2O12S2. The third-order valence-corrected chi connectivity index (χ3v) is 11.2. The molecule has 302 valence electrons. The van der Waals surface area contributed by atoms with Crippen LogP contribution in [0, 0.1) is 0 Å². The molecule has 0 fully saturated rings. The van der Waals surface area contributed by atoms with E-state index in [2.05, 4.69) is 4.74 Å². The molecule has 0 aliphatic carbocycles. The van der Waals surface area contributed by atoms with Crippen LogP contribution in [0.4, 0.5) is 0 Å². The first-order valence-corrected chi connectivity index (χ1v) is 21.0. The monoisotopic (exact) mass is 820 g/mol. The third kappa shape index (κ3) is 14.9. The summed E-state index contributed by atoms with van der Waals surface area (Å²) in [6.07, 6.45) is -0.392. The summed E-state index contributed by atoms with van der Waals surface area (Å²) in [6, 6.07) is 30.4. The first kappa shape index (κ1) is 45.4. The minimum atomic E-state index is -3.93. The number of esters is 1. The molecule has 14 nitrogen and oxygen atoms in total. The fraction of sp³-hybridized carbons (Fsp3) is 0.268. The van der Waals surface area contributed by atoms with Crippen LogP contribution in [-0.2, 0) is 44.0 Å². The second-order valence-corrected chi connectivity index (χ2v) is 16.5. The summed E-state index contributed by atoms with van der Waals surface area (Å²) in [4.78, 5) is 71.4. The number of carbonyl (C=O) groups excluding carboxylic acids is 5. The Bertz CT molecular complexity index is 2280. The zero-order valence-electron chi connectivity index (χ0n) is 31.5. The van der Waals surface area contributed by atoms with Crippen molar-refractivity contribution in [2.75, 3.05) is 18.6 Å². The molecular weight excluding hydrogens is 777 g/mol. The van der Waals surface area contributed by atoms with Gasteiger partial charge in [0.05, 0.1) is 30.5 Å². The van der Waals surface area contributed by atoms with Crippen LogP contribution >= 0.6 is 0 Å². The van der Waals surface area contributed by atoms with Crippen LogP contribution in [0.3, 0.4) is 0 Å². The molecule has 4 aromatic rings. The van der Waals surface area contributed by atoms with Gasteiger partial charge in [-0.05, 0) is 49.9 Å². The van der Waals surface area contributed by atoms with Crippen molar-refractivity contribution in [2.24, 2.45) is 0 Å². The number of carboxylic acid groups (broad SMARTS) is 1. The fourth-order valence-electron chi connectivity index (χ4n) is 5.22. The lowest BCUT2D eigenvalue weighted by molar-refractivity contribution is -0.140. The smallest absolute Gasteiger partial charge is 0.305 e. The van der Waals surface area contributed by atoms with Gasteiger partial charge in [-0.3, -0.25) is 38.2 Å². The van der Waals surface area contributed by atoms with Crippen molar-refractivity contribution in [3.8, 4) is 0 Å². The molecule has 0 saturated heterocycles. The molecule has 0 bridgehead atoms. The molecule has 3 N–H and O–H groups in total. The Hall–Kier alpha value is -6.00. The molecule has 4 aromatic carbocycles. The predicted octanol–water partition coefficient (Wildman–Crippen LogP) is 4.75. The molecule has 0 radical (unpaired) electrons. The van der Waals surface area contributed by atoms with E-state index in [1.165, 1.54) is 14.0 Å². The summed E-state index contributed by atoms with van der Waals surface area (Å²) in [5.74, 6) is -5.85. The molecule has 2 atom stereocenters. The van der Waals surface area contributed by atoms with Gasteiger partial charge in [0.25, 0.3) is 0 Å². The summed E-state index contributed by atoms with van der Waals surface area (Å²) < 4.78 is 56.5. The highest BCUT2D eigenvalue weighted by Crippen LogP contribution is 2.21. The molecule has 0 aromatic heterocycles. The van der Waals surface area contributed by atoms with E-state index in [-0.39, 0.29) is 43.0 Å². The van der Waals surface area contributed by atoms with Crippen LogP contribution in [0.1, 0.15) is 94.3 Å². The highest BCUT2D eigenvalue weighted by molar-refractivity contribution is 7.90. The molecule has 2 amide bonds. The Labute approximate surface area is 331 Å². The highest BCUT2D eigenvalue weighted by Gasteiger charge is 2.24. The van der Waals surface area contributed by atoms with Gasteiger partial charge < -0.3 is 9.84 Å². The Morgan fingerprint density at radius 3 is 1.30 bits per heavy atom. The maximum atomic E-state index is 12.6. The quantitative estimate of drug-likeness (QED) is 0.0914. The van der Waals surface area contributed by atoms with Crippen molar-refractivity contribution in [1.29, 1.82) is 0 Å². The topological polar surface area (TPSA) is 224 Å². The van der Waals surface area contributed by atoms with Gasteiger partial charge >= 0.3 is 11.9 Å². The molecule has 4 rings (SSSR count). The van der Waals surface area contributed by atoms with Gasteiger partial charge in [0.15, 0.2) is 11.6 Å². The fourth-order valence-corrected chi connectivity index (χ4v) is 7.44. The van der Waals surface area contributed by atoms with Crippen molar-refractivity contribution in [3.63, 3.8) is 0 Å². The van der Waals surface area contributed by atoms with Crippen molar-refractivity contribution in [3.05, 3.63) is 143 Å². The maximum absolute atomic E-state index is 12.6. The molecule has 0 aliphatic heterocycles. The number of aliphatic carboxylic acids is 1. The Morgan fingerprint density at radius 2 is 0.930 bits per heavy atom. The summed E-state index contributed by atoms with van der Waals surface area (Å²) in [6.45, 7) is 3.10. The van der Waals surface area contributed by atoms with Crippen LogP contribution in [0.5, 0.6) is 0 Å². The van der Waals surface area contributed by atoms with Crippen LogP contribution in [0.2, 0.25) is 0 Å². The van der Waals surface area contributed by atoms with E-state index in [1.807, 2.05) is 15.5 Å². The van der Waals surface area contributed by atoms with E-state index in [0.717, 1.165) is 0 Å². The average Bonchev–Trinajstić information content (AvgIpc) is 3.19. The van der Waals surface area contributed by atoms with Gasteiger partial charge in [-0.1, -0.05) is 97.1 Å². The number of ether oxygens (including phenoxy) is 1. The van der Waals surface area contributed by atoms with Crippen LogP contribution in [-0.4, -0.2) is 75.9 Å². The first-order chi connectivity index (χ1) is 26.9. The Kier molecular flexibility index (Phi) is 17.0. The van der Waals surface area contributed by atoms with E-state index in [1.54, 1.807) is 110 Å². The molecule has 0 spiro atoms. The van der Waals surface area contributed by atoms with E-state index in [0.29, 0.717) is 33.4 Å². The number of hydrogen-bond donors (Lipinski definition) is 3. The van der Waals surface area contributed by atoms with Crippen molar-refractivity contribution < 1.29 is 55.4 Å². The molecule has 57 heavy (non-hydrogen) atoms. The number of ketones is 2. The number of amides is 2. The minimum absolute atomic E-state index is 0.0464. The number of carbonyl (C=O) groups is 6. The van der Waals surface area contributed by atoms with E-state index in [9.17, 15) is 45.6 Å². The van der Waals surface area contributed by atoms with Crippen LogP contribution in [0.15, 0.2) is 109 Å². The Morgan fingerprint density at radius 1 is 0.561 bits per heavy atom. The van der Waals surface area contributed by atoms with Gasteiger partial charge in [0, 0.05) is 35.1 Å². The standard InChI is InChI=1S/C21H23NO6S.C20H21NO6S/c1-15(21(25)22-29(26,27)13-7-12-19(23)28-2)17-10-6-11-18(14-17)20(24)16-8-4-3-5-9-16;1-14(20(25)21-28(26,27)12-6-11-18(22)23)16-9-5-10-17(13-16)19(24)15-7-3-2-4-8-15/h3-6,8-11,14-15H,7,12-13H2,1-2H3,(H,22,25);2-5,7-10,13-14H,6,11-12H2,1H3,(H,21,25)(H,22,23). The van der Waals surface area contributed by atoms with Crippen molar-refractivity contribution in [2.45, 2.75) is 51.4 Å². The van der Waals surface area contributed by atoms with Crippen LogP contribution < -0.4 is 9.44 Å². The van der Waals surface area contributed by atoms with Gasteiger partial charge in [-0.25, -0.2) is 16.8 Å². The molecule has 0 heterocycles. The number of hydrogen-bond acceptors (Lipinski definition) is 11. The summed E-state index contributed by atoms with van der Waals surface area (Å²) in [5, 5.41) is 8.57. The molecule has 16 heteroatoms. The van der Waals surface area contributed by atoms with Crippen molar-refractivity contribution >= 4 is 55.4 Å². The van der Waals surface area contributed by atoms with E-state index >= 15 is 0 Å². The van der Waals surface area contributed by atoms with Gasteiger partial charge in [-0.2, -0.15) is 0 Å². The number of rotatable bonds is 18. The number of benzene rings is 4. The zero-order valence-corrected chi connectivity index (χ0v) is 33.2. The Balaban J connectivity index is 0.000000306. The molecule has 0 aliphatic rings. The SMILES string of the molecule is CC(C(=O)NS(=O)(=O)CCCC(=O)O)c1cccc(C(=O)c2ccccc2)c1.COC(=O)CCCS(=O)(=O)NC(=O)C(C)c1cccc(C(=O)c2ccccc2)c1. The number of carboxylic acids is 1. The second kappa shape index (κ2) is 21.3. The highest BCUT2D eigenvalue weighted by atomic mass is 32.2. The second-order valence-electron chi connectivity index (χ2n) is 12.8. The lowest BCUT2D eigenvalue weighted by Crippen LogP contribution is -2.35. The van der Waals surface area contributed by atoms with Crippen molar-refractivity contribution in [1.82, 2.24) is 9.44 Å². The summed E-state index contributed by atoms with van der Waals surface area (Å²) >= 11 is 0. The zero-order chi connectivity index (χ0) is 42.2. The van der Waals surface area contributed by atoms with E-state index in [4.69, 9.17) is 5.11 Å². The van der Waals surface area contributed by atoms with E-state index < -0.39 is 61.4 Å². The normalized spacial score (nSPS) is 12.1.